The Kier molecular flexibility index (Phi) is 4.97. The molecule has 1 heterocycles. The molecule has 1 rings (SSSR count). The molecule has 5 nitrogen and oxygen atoms in total. The lowest BCUT2D eigenvalue weighted by Gasteiger charge is -2.14. The molecule has 0 spiro atoms. The average Bonchev–Trinajstić information content (AvgIpc) is 2.57. The van der Waals surface area contributed by atoms with Gasteiger partial charge in [-0.3, -0.25) is 4.79 Å². The Labute approximate surface area is 109 Å². The highest BCUT2D eigenvalue weighted by atomic mass is 79.9. The van der Waals surface area contributed by atoms with Crippen molar-refractivity contribution < 1.29 is 19.1 Å². The number of hydrogen-bond acceptors (Lipinski definition) is 5. The van der Waals surface area contributed by atoms with Gasteiger partial charge in [-0.1, -0.05) is 0 Å². The molecule has 3 N–H and O–H groups in total. The van der Waals surface area contributed by atoms with E-state index < -0.39 is 18.1 Å². The molecule has 7 heteroatoms. The van der Waals surface area contributed by atoms with Crippen molar-refractivity contribution in [2.45, 2.75) is 19.1 Å². The summed E-state index contributed by atoms with van der Waals surface area (Å²) in [7, 11) is 0. The van der Waals surface area contributed by atoms with Crippen molar-refractivity contribution >= 4 is 37.8 Å². The Balaban J connectivity index is 2.77. The third kappa shape index (κ3) is 3.07. The van der Waals surface area contributed by atoms with Crippen LogP contribution >= 0.6 is 31.9 Å². The minimum atomic E-state index is -1.23. The van der Waals surface area contributed by atoms with Crippen LogP contribution in [0.25, 0.3) is 0 Å². The molecule has 1 aromatic heterocycles. The second-order valence-electron chi connectivity index (χ2n) is 2.99. The van der Waals surface area contributed by atoms with Crippen LogP contribution in [0.1, 0.15) is 18.8 Å². The summed E-state index contributed by atoms with van der Waals surface area (Å²) < 4.78 is 10.9. The first-order valence-electron chi connectivity index (χ1n) is 4.52. The molecule has 90 valence electrons. The van der Waals surface area contributed by atoms with Crippen molar-refractivity contribution in [2.24, 2.45) is 5.73 Å². The van der Waals surface area contributed by atoms with Crippen molar-refractivity contribution in [1.82, 2.24) is 0 Å². The number of esters is 1. The van der Waals surface area contributed by atoms with E-state index in [1.807, 2.05) is 0 Å². The summed E-state index contributed by atoms with van der Waals surface area (Å²) in [4.78, 5) is 11.3. The number of carbonyl (C=O) groups excluding carboxylic acids is 1. The normalized spacial score (nSPS) is 14.6. The molecule has 0 aliphatic carbocycles. The van der Waals surface area contributed by atoms with E-state index >= 15 is 0 Å². The lowest BCUT2D eigenvalue weighted by Crippen LogP contribution is -2.38. The molecule has 0 fully saturated rings. The van der Waals surface area contributed by atoms with E-state index in [0.29, 0.717) is 9.14 Å². The minimum Gasteiger partial charge on any atom is -0.465 e. The number of aliphatic hydroxyl groups excluding tert-OH is 1. The molecular weight excluding hydrogens is 346 g/mol. The van der Waals surface area contributed by atoms with Gasteiger partial charge >= 0.3 is 5.97 Å². The number of carbonyl (C=O) groups is 1. The number of aliphatic hydroxyl groups is 1. The van der Waals surface area contributed by atoms with Crippen molar-refractivity contribution in [3.8, 4) is 0 Å². The number of ether oxygens (including phenoxy) is 1. The van der Waals surface area contributed by atoms with E-state index in [0.717, 1.165) is 0 Å². The molecule has 0 bridgehead atoms. The highest BCUT2D eigenvalue weighted by Crippen LogP contribution is 2.30. The first kappa shape index (κ1) is 13.7. The molecule has 0 amide bonds. The van der Waals surface area contributed by atoms with Gasteiger partial charge in [-0.25, -0.2) is 0 Å². The van der Waals surface area contributed by atoms with Crippen LogP contribution in [0, 0.1) is 0 Å². The van der Waals surface area contributed by atoms with Crippen LogP contribution in [-0.2, 0) is 9.53 Å². The number of nitrogens with two attached hydrogens (primary N) is 1. The SMILES string of the molecule is CCOC(=O)C(N)C(O)c1cc(Br)c(Br)o1. The van der Waals surface area contributed by atoms with Crippen LogP contribution < -0.4 is 5.73 Å². The van der Waals surface area contributed by atoms with Crippen LogP contribution in [0.3, 0.4) is 0 Å². The number of rotatable bonds is 4. The van der Waals surface area contributed by atoms with Gasteiger partial charge in [0.05, 0.1) is 11.1 Å². The number of hydrogen-bond donors (Lipinski definition) is 2. The standard InChI is InChI=1S/C9H11Br2NO4/c1-2-15-9(14)6(12)7(13)5-3-4(10)8(11)16-5/h3,6-7,13H,2,12H2,1H3. The fraction of sp³-hybridized carbons (Fsp3) is 0.444. The second kappa shape index (κ2) is 5.81. The maximum Gasteiger partial charge on any atom is 0.326 e. The summed E-state index contributed by atoms with van der Waals surface area (Å²) in [5, 5.41) is 9.76. The molecule has 2 atom stereocenters. The Bertz CT molecular complexity index is 360. The minimum absolute atomic E-state index is 0.194. The first-order chi connectivity index (χ1) is 7.47. The lowest BCUT2D eigenvalue weighted by atomic mass is 10.1. The van der Waals surface area contributed by atoms with Crippen LogP contribution in [0.2, 0.25) is 0 Å². The number of furan rings is 1. The second-order valence-corrected chi connectivity index (χ2v) is 4.57. The van der Waals surface area contributed by atoms with Gasteiger partial charge in [0, 0.05) is 0 Å². The largest absolute Gasteiger partial charge is 0.465 e. The fourth-order valence-electron chi connectivity index (χ4n) is 1.05. The summed E-state index contributed by atoms with van der Waals surface area (Å²) in [6.45, 7) is 1.88. The highest BCUT2D eigenvalue weighted by molar-refractivity contribution is 9.13. The predicted octanol–water partition coefficient (Wildman–Crippen LogP) is 1.73. The maximum atomic E-state index is 11.3. The molecule has 1 aromatic rings. The van der Waals surface area contributed by atoms with Crippen LogP contribution in [0.15, 0.2) is 19.6 Å². The Morgan fingerprint density at radius 3 is 2.75 bits per heavy atom. The molecule has 2 unspecified atom stereocenters. The molecule has 0 aliphatic heterocycles. The van der Waals surface area contributed by atoms with Gasteiger partial charge in [0.25, 0.3) is 0 Å². The zero-order valence-corrected chi connectivity index (χ0v) is 11.6. The number of halogens is 2. The van der Waals surface area contributed by atoms with Gasteiger partial charge in [-0.05, 0) is 44.8 Å². The Morgan fingerprint density at radius 1 is 1.69 bits per heavy atom. The molecule has 0 aliphatic rings. The maximum absolute atomic E-state index is 11.3. The Hall–Kier alpha value is -0.370. The average molecular weight is 357 g/mol. The van der Waals surface area contributed by atoms with Crippen molar-refractivity contribution in [2.75, 3.05) is 6.61 Å². The van der Waals surface area contributed by atoms with E-state index in [-0.39, 0.29) is 12.4 Å². The van der Waals surface area contributed by atoms with E-state index in [1.54, 1.807) is 6.92 Å². The van der Waals surface area contributed by atoms with Gasteiger partial charge in [-0.2, -0.15) is 0 Å². The van der Waals surface area contributed by atoms with Crippen molar-refractivity contribution in [1.29, 1.82) is 0 Å². The first-order valence-corrected chi connectivity index (χ1v) is 6.11. The topological polar surface area (TPSA) is 85.7 Å². The molecular formula is C9H11Br2NO4. The van der Waals surface area contributed by atoms with Gasteiger partial charge in [-0.15, -0.1) is 0 Å². The van der Waals surface area contributed by atoms with E-state index in [1.165, 1.54) is 6.07 Å². The highest BCUT2D eigenvalue weighted by Gasteiger charge is 2.28. The Morgan fingerprint density at radius 2 is 2.31 bits per heavy atom. The lowest BCUT2D eigenvalue weighted by molar-refractivity contribution is -0.147. The van der Waals surface area contributed by atoms with Crippen LogP contribution in [0.4, 0.5) is 0 Å². The van der Waals surface area contributed by atoms with Crippen molar-refractivity contribution in [3.05, 3.63) is 21.0 Å². The van der Waals surface area contributed by atoms with Crippen LogP contribution in [-0.4, -0.2) is 23.7 Å². The third-order valence-corrected chi connectivity index (χ3v) is 3.56. The summed E-state index contributed by atoms with van der Waals surface area (Å²) in [6.07, 6.45) is -1.23. The summed E-state index contributed by atoms with van der Waals surface area (Å²) in [5.41, 5.74) is 5.52. The molecule has 0 saturated heterocycles. The van der Waals surface area contributed by atoms with E-state index in [2.05, 4.69) is 31.9 Å². The molecule has 16 heavy (non-hydrogen) atoms. The molecule has 0 saturated carbocycles. The van der Waals surface area contributed by atoms with E-state index in [9.17, 15) is 9.90 Å². The van der Waals surface area contributed by atoms with Gasteiger partial charge in [0.15, 0.2) is 4.67 Å². The van der Waals surface area contributed by atoms with Gasteiger partial charge in [0.1, 0.15) is 17.9 Å². The molecule has 0 radical (unpaired) electrons. The fourth-order valence-corrected chi connectivity index (χ4v) is 1.66. The summed E-state index contributed by atoms with van der Waals surface area (Å²) in [5.74, 6) is -0.474. The smallest absolute Gasteiger partial charge is 0.326 e. The van der Waals surface area contributed by atoms with E-state index in [4.69, 9.17) is 14.9 Å². The predicted molar refractivity (Wildman–Crippen MR) is 63.7 cm³/mol. The summed E-state index contributed by atoms with van der Waals surface area (Å²) in [6, 6.07) is 0.373. The molecule has 0 aromatic carbocycles. The van der Waals surface area contributed by atoms with Crippen molar-refractivity contribution in [3.63, 3.8) is 0 Å². The van der Waals surface area contributed by atoms with Gasteiger partial charge in [0.2, 0.25) is 0 Å². The quantitative estimate of drug-likeness (QED) is 0.802. The van der Waals surface area contributed by atoms with Gasteiger partial charge < -0.3 is 20.0 Å². The third-order valence-electron chi connectivity index (χ3n) is 1.85. The van der Waals surface area contributed by atoms with Crippen LogP contribution in [0.5, 0.6) is 0 Å². The monoisotopic (exact) mass is 355 g/mol. The zero-order valence-electron chi connectivity index (χ0n) is 8.44. The zero-order chi connectivity index (χ0) is 12.3. The summed E-state index contributed by atoms with van der Waals surface area (Å²) >= 11 is 6.31.